The van der Waals surface area contributed by atoms with E-state index >= 15 is 0 Å². The molecule has 5 nitrogen and oxygen atoms in total. The summed E-state index contributed by atoms with van der Waals surface area (Å²) < 4.78 is 0. The maximum Gasteiger partial charge on any atom is 0.141 e. The van der Waals surface area contributed by atoms with Crippen LogP contribution in [0.1, 0.15) is 17.4 Å². The van der Waals surface area contributed by atoms with Gasteiger partial charge in [0.2, 0.25) is 0 Å². The van der Waals surface area contributed by atoms with Gasteiger partial charge in [0.15, 0.2) is 0 Å². The fourth-order valence-corrected chi connectivity index (χ4v) is 2.06. The zero-order valence-electron chi connectivity index (χ0n) is 9.74. The molecule has 0 amide bonds. The minimum Gasteiger partial charge on any atom is -0.321 e. The SMILES string of the molecule is NC(Cc1ccnc2ccccc12)c1ncn[nH]1. The lowest BCUT2D eigenvalue weighted by atomic mass is 10.0. The van der Waals surface area contributed by atoms with E-state index < -0.39 is 0 Å². The third-order valence-corrected chi connectivity index (χ3v) is 2.96. The molecule has 5 heteroatoms. The molecule has 0 radical (unpaired) electrons. The molecular formula is C13H13N5. The second-order valence-electron chi connectivity index (χ2n) is 4.17. The van der Waals surface area contributed by atoms with E-state index in [4.69, 9.17) is 5.73 Å². The second-order valence-corrected chi connectivity index (χ2v) is 4.17. The summed E-state index contributed by atoms with van der Waals surface area (Å²) in [5.74, 6) is 0.705. The summed E-state index contributed by atoms with van der Waals surface area (Å²) in [6.07, 6.45) is 3.99. The first-order valence-corrected chi connectivity index (χ1v) is 5.78. The highest BCUT2D eigenvalue weighted by Crippen LogP contribution is 2.20. The number of H-pyrrole nitrogens is 1. The van der Waals surface area contributed by atoms with Crippen molar-refractivity contribution >= 4 is 10.9 Å². The number of rotatable bonds is 3. The number of hydrogen-bond acceptors (Lipinski definition) is 4. The summed E-state index contributed by atoms with van der Waals surface area (Å²) in [5.41, 5.74) is 8.27. The van der Waals surface area contributed by atoms with Crippen LogP contribution in [0.15, 0.2) is 42.9 Å². The van der Waals surface area contributed by atoms with Crippen molar-refractivity contribution in [2.45, 2.75) is 12.5 Å². The van der Waals surface area contributed by atoms with Crippen LogP contribution in [-0.2, 0) is 6.42 Å². The molecule has 0 saturated carbocycles. The van der Waals surface area contributed by atoms with Gasteiger partial charge in [-0.15, -0.1) is 0 Å². The standard InChI is InChI=1S/C13H13N5/c14-11(13-16-8-17-18-13)7-9-5-6-15-12-4-2-1-3-10(9)12/h1-6,8,11H,7,14H2,(H,16,17,18). The van der Waals surface area contributed by atoms with Crippen LogP contribution < -0.4 is 5.73 Å². The van der Waals surface area contributed by atoms with Crippen molar-refractivity contribution in [1.82, 2.24) is 20.2 Å². The van der Waals surface area contributed by atoms with E-state index in [9.17, 15) is 0 Å². The predicted molar refractivity (Wildman–Crippen MR) is 68.8 cm³/mol. The number of nitrogens with zero attached hydrogens (tertiary/aromatic N) is 3. The molecule has 1 atom stereocenters. The quantitative estimate of drug-likeness (QED) is 0.727. The smallest absolute Gasteiger partial charge is 0.141 e. The lowest BCUT2D eigenvalue weighted by Gasteiger charge is -2.10. The highest BCUT2D eigenvalue weighted by atomic mass is 15.2. The number of hydrogen-bond donors (Lipinski definition) is 2. The Labute approximate surface area is 104 Å². The van der Waals surface area contributed by atoms with Gasteiger partial charge in [0, 0.05) is 11.6 Å². The van der Waals surface area contributed by atoms with Crippen molar-refractivity contribution in [3.05, 3.63) is 54.2 Å². The van der Waals surface area contributed by atoms with Crippen LogP contribution in [-0.4, -0.2) is 20.2 Å². The molecule has 3 aromatic rings. The van der Waals surface area contributed by atoms with Crippen LogP contribution in [0.5, 0.6) is 0 Å². The third kappa shape index (κ3) is 1.96. The van der Waals surface area contributed by atoms with Crippen molar-refractivity contribution in [1.29, 1.82) is 0 Å². The molecule has 2 heterocycles. The van der Waals surface area contributed by atoms with Gasteiger partial charge in [-0.05, 0) is 24.1 Å². The van der Waals surface area contributed by atoms with Gasteiger partial charge < -0.3 is 5.73 Å². The molecule has 3 rings (SSSR count). The van der Waals surface area contributed by atoms with E-state index in [1.807, 2.05) is 30.5 Å². The van der Waals surface area contributed by atoms with Crippen LogP contribution in [0.4, 0.5) is 0 Å². The Morgan fingerprint density at radius 2 is 2.06 bits per heavy atom. The Morgan fingerprint density at radius 3 is 2.89 bits per heavy atom. The molecule has 90 valence electrons. The Bertz CT molecular complexity index is 642. The number of pyridine rings is 1. The zero-order valence-corrected chi connectivity index (χ0v) is 9.74. The number of benzene rings is 1. The van der Waals surface area contributed by atoms with E-state index in [1.54, 1.807) is 0 Å². The average molecular weight is 239 g/mol. The van der Waals surface area contributed by atoms with Crippen molar-refractivity contribution in [2.24, 2.45) is 5.73 Å². The van der Waals surface area contributed by atoms with Gasteiger partial charge >= 0.3 is 0 Å². The third-order valence-electron chi connectivity index (χ3n) is 2.96. The summed E-state index contributed by atoms with van der Waals surface area (Å²) in [6, 6.07) is 9.86. The molecule has 0 aliphatic heterocycles. The molecule has 0 aliphatic carbocycles. The molecule has 1 unspecified atom stereocenters. The first-order valence-electron chi connectivity index (χ1n) is 5.78. The molecule has 18 heavy (non-hydrogen) atoms. The highest BCUT2D eigenvalue weighted by molar-refractivity contribution is 5.81. The molecule has 1 aromatic carbocycles. The summed E-state index contributed by atoms with van der Waals surface area (Å²) in [5, 5.41) is 7.76. The van der Waals surface area contributed by atoms with Crippen LogP contribution in [0.3, 0.4) is 0 Å². The van der Waals surface area contributed by atoms with E-state index in [0.29, 0.717) is 12.2 Å². The van der Waals surface area contributed by atoms with Gasteiger partial charge in [0.05, 0.1) is 11.6 Å². The highest BCUT2D eigenvalue weighted by Gasteiger charge is 2.11. The Hall–Kier alpha value is -2.27. The van der Waals surface area contributed by atoms with E-state index in [-0.39, 0.29) is 6.04 Å². The first kappa shape index (κ1) is 10.9. The van der Waals surface area contributed by atoms with Gasteiger partial charge in [-0.3, -0.25) is 10.1 Å². The molecular weight excluding hydrogens is 226 g/mol. The topological polar surface area (TPSA) is 80.5 Å². The Balaban J connectivity index is 1.95. The van der Waals surface area contributed by atoms with Crippen molar-refractivity contribution < 1.29 is 0 Å². The predicted octanol–water partition coefficient (Wildman–Crippen LogP) is 1.60. The molecule has 2 aromatic heterocycles. The fraction of sp³-hybridized carbons (Fsp3) is 0.154. The summed E-state index contributed by atoms with van der Waals surface area (Å²) in [4.78, 5) is 8.42. The van der Waals surface area contributed by atoms with E-state index in [2.05, 4.69) is 26.2 Å². The minimum absolute atomic E-state index is 0.182. The average Bonchev–Trinajstić information content (AvgIpc) is 2.93. The fourth-order valence-electron chi connectivity index (χ4n) is 2.06. The number of nitrogens with one attached hydrogen (secondary N) is 1. The first-order chi connectivity index (χ1) is 8.84. The molecule has 0 aliphatic rings. The minimum atomic E-state index is -0.182. The molecule has 0 fully saturated rings. The van der Waals surface area contributed by atoms with Crippen LogP contribution in [0.2, 0.25) is 0 Å². The van der Waals surface area contributed by atoms with Crippen molar-refractivity contribution in [3.63, 3.8) is 0 Å². The molecule has 3 N–H and O–H groups in total. The van der Waals surface area contributed by atoms with Gasteiger partial charge in [0.25, 0.3) is 0 Å². The summed E-state index contributed by atoms with van der Waals surface area (Å²) in [6.45, 7) is 0. The van der Waals surface area contributed by atoms with Crippen molar-refractivity contribution in [2.75, 3.05) is 0 Å². The van der Waals surface area contributed by atoms with Gasteiger partial charge in [-0.25, -0.2) is 4.98 Å². The zero-order chi connectivity index (χ0) is 12.4. The largest absolute Gasteiger partial charge is 0.321 e. The van der Waals surface area contributed by atoms with Gasteiger partial charge in [-0.2, -0.15) is 5.10 Å². The second kappa shape index (κ2) is 4.54. The molecule has 0 bridgehead atoms. The Morgan fingerprint density at radius 1 is 1.17 bits per heavy atom. The number of aromatic nitrogens is 4. The Kier molecular flexibility index (Phi) is 2.74. The maximum atomic E-state index is 6.11. The van der Waals surface area contributed by atoms with Crippen LogP contribution in [0, 0.1) is 0 Å². The van der Waals surface area contributed by atoms with Gasteiger partial charge in [0.1, 0.15) is 12.2 Å². The number of aromatic amines is 1. The summed E-state index contributed by atoms with van der Waals surface area (Å²) >= 11 is 0. The number of nitrogens with two attached hydrogens (primary N) is 1. The summed E-state index contributed by atoms with van der Waals surface area (Å²) in [7, 11) is 0. The van der Waals surface area contributed by atoms with Crippen molar-refractivity contribution in [3.8, 4) is 0 Å². The number of para-hydroxylation sites is 1. The van der Waals surface area contributed by atoms with Crippen LogP contribution >= 0.6 is 0 Å². The maximum absolute atomic E-state index is 6.11. The molecule has 0 saturated heterocycles. The monoisotopic (exact) mass is 239 g/mol. The lowest BCUT2D eigenvalue weighted by Crippen LogP contribution is -2.15. The van der Waals surface area contributed by atoms with E-state index in [1.165, 1.54) is 11.9 Å². The normalized spacial score (nSPS) is 12.7. The van der Waals surface area contributed by atoms with E-state index in [0.717, 1.165) is 10.9 Å². The van der Waals surface area contributed by atoms with Crippen LogP contribution in [0.25, 0.3) is 10.9 Å². The number of fused-ring (bicyclic) bond motifs is 1. The van der Waals surface area contributed by atoms with Gasteiger partial charge in [-0.1, -0.05) is 18.2 Å². The molecule has 0 spiro atoms. The lowest BCUT2D eigenvalue weighted by molar-refractivity contribution is 0.673.